The average Bonchev–Trinajstić information content (AvgIpc) is 3.23. The van der Waals surface area contributed by atoms with E-state index in [1.54, 1.807) is 29.5 Å². The van der Waals surface area contributed by atoms with Gasteiger partial charge in [0.2, 0.25) is 0 Å². The Morgan fingerprint density at radius 3 is 2.74 bits per heavy atom. The van der Waals surface area contributed by atoms with Gasteiger partial charge in [0.05, 0.1) is 18.2 Å². The van der Waals surface area contributed by atoms with Crippen LogP contribution in [0.3, 0.4) is 0 Å². The number of thiophene rings is 1. The molecule has 2 aromatic carbocycles. The third-order valence-corrected chi connectivity index (χ3v) is 5.07. The Bertz CT molecular complexity index is 945. The molecule has 3 rings (SSSR count). The van der Waals surface area contributed by atoms with Crippen LogP contribution in [0.2, 0.25) is 0 Å². The van der Waals surface area contributed by atoms with Gasteiger partial charge in [0, 0.05) is 22.5 Å². The van der Waals surface area contributed by atoms with E-state index in [0.29, 0.717) is 30.0 Å². The van der Waals surface area contributed by atoms with Crippen molar-refractivity contribution in [1.82, 2.24) is 4.90 Å². The summed E-state index contributed by atoms with van der Waals surface area (Å²) in [6.45, 7) is 3.50. The van der Waals surface area contributed by atoms with Gasteiger partial charge in [-0.1, -0.05) is 30.3 Å². The van der Waals surface area contributed by atoms with Gasteiger partial charge in [-0.15, -0.1) is 11.3 Å². The lowest BCUT2D eigenvalue weighted by Gasteiger charge is -2.20. The third-order valence-electron chi connectivity index (χ3n) is 4.21. The summed E-state index contributed by atoms with van der Waals surface area (Å²) >= 11 is 1.65. The lowest BCUT2D eigenvalue weighted by Crippen LogP contribution is -2.29. The fourth-order valence-corrected chi connectivity index (χ4v) is 3.46. The largest absolute Gasteiger partial charge is 0.489 e. The summed E-state index contributed by atoms with van der Waals surface area (Å²) in [6.07, 6.45) is 0. The van der Waals surface area contributed by atoms with Gasteiger partial charge < -0.3 is 9.64 Å². The fraction of sp³-hybridized carbons (Fsp3) is 0.182. The molecule has 1 heterocycles. The van der Waals surface area contributed by atoms with E-state index in [2.05, 4.69) is 6.07 Å². The van der Waals surface area contributed by atoms with Crippen molar-refractivity contribution >= 4 is 17.2 Å². The van der Waals surface area contributed by atoms with Crippen LogP contribution in [0.25, 0.3) is 0 Å². The van der Waals surface area contributed by atoms with Crippen molar-refractivity contribution in [3.8, 4) is 11.8 Å². The van der Waals surface area contributed by atoms with Gasteiger partial charge in [-0.3, -0.25) is 4.79 Å². The second kappa shape index (κ2) is 9.02. The van der Waals surface area contributed by atoms with Gasteiger partial charge in [0.25, 0.3) is 5.91 Å². The average molecular weight is 376 g/mol. The van der Waals surface area contributed by atoms with Crippen LogP contribution in [0.5, 0.6) is 5.75 Å². The minimum atomic E-state index is -0.0197. The molecule has 0 unspecified atom stereocenters. The highest BCUT2D eigenvalue weighted by atomic mass is 32.1. The van der Waals surface area contributed by atoms with Crippen LogP contribution in [0.1, 0.15) is 33.3 Å². The van der Waals surface area contributed by atoms with E-state index < -0.39 is 0 Å². The minimum absolute atomic E-state index is 0.0197. The Hall–Kier alpha value is -3.10. The van der Waals surface area contributed by atoms with E-state index in [1.165, 1.54) is 0 Å². The van der Waals surface area contributed by atoms with E-state index in [-0.39, 0.29) is 12.5 Å². The number of carbonyl (C=O) groups is 1. The van der Waals surface area contributed by atoms with Crippen molar-refractivity contribution in [1.29, 1.82) is 5.26 Å². The zero-order valence-corrected chi connectivity index (χ0v) is 15.9. The topological polar surface area (TPSA) is 53.3 Å². The summed E-state index contributed by atoms with van der Waals surface area (Å²) in [7, 11) is 0. The Balaban J connectivity index is 1.70. The first-order valence-electron chi connectivity index (χ1n) is 8.73. The van der Waals surface area contributed by atoms with Gasteiger partial charge in [0.1, 0.15) is 12.4 Å². The predicted octanol–water partition coefficient (Wildman–Crippen LogP) is 4.86. The quantitative estimate of drug-likeness (QED) is 0.592. The standard InChI is InChI=1S/C22H20N2O2S/c1-2-24(15-21-11-6-12-27-21)22(25)17-9-5-10-20(13-17)26-16-19-8-4-3-7-18(19)14-23/h3-13H,2,15-16H2,1H3. The van der Waals surface area contributed by atoms with Crippen molar-refractivity contribution in [2.75, 3.05) is 6.54 Å². The van der Waals surface area contributed by atoms with Gasteiger partial charge >= 0.3 is 0 Å². The first kappa shape index (κ1) is 18.7. The number of amides is 1. The number of carbonyl (C=O) groups excluding carboxylic acids is 1. The molecule has 0 bridgehead atoms. The molecule has 3 aromatic rings. The van der Waals surface area contributed by atoms with Gasteiger partial charge in [-0.05, 0) is 42.6 Å². The number of hydrogen-bond acceptors (Lipinski definition) is 4. The van der Waals surface area contributed by atoms with Crippen LogP contribution in [-0.2, 0) is 13.2 Å². The molecule has 0 aliphatic rings. The van der Waals surface area contributed by atoms with Crippen molar-refractivity contribution in [3.63, 3.8) is 0 Å². The lowest BCUT2D eigenvalue weighted by atomic mass is 10.1. The van der Waals surface area contributed by atoms with E-state index >= 15 is 0 Å². The molecule has 0 saturated carbocycles. The molecular weight excluding hydrogens is 356 g/mol. The summed E-state index contributed by atoms with van der Waals surface area (Å²) in [5.74, 6) is 0.592. The van der Waals surface area contributed by atoms with Crippen LogP contribution in [0.4, 0.5) is 0 Å². The SMILES string of the molecule is CCN(Cc1cccs1)C(=O)c1cccc(OCc2ccccc2C#N)c1. The highest BCUT2D eigenvalue weighted by Gasteiger charge is 2.15. The third kappa shape index (κ3) is 4.75. The number of nitriles is 1. The molecule has 1 aromatic heterocycles. The number of hydrogen-bond donors (Lipinski definition) is 0. The molecule has 5 heteroatoms. The van der Waals surface area contributed by atoms with Crippen LogP contribution < -0.4 is 4.74 Å². The number of ether oxygens (including phenoxy) is 1. The van der Waals surface area contributed by atoms with Crippen molar-refractivity contribution in [3.05, 3.63) is 87.6 Å². The molecule has 136 valence electrons. The Morgan fingerprint density at radius 2 is 2.00 bits per heavy atom. The second-order valence-electron chi connectivity index (χ2n) is 5.98. The second-order valence-corrected chi connectivity index (χ2v) is 7.02. The van der Waals surface area contributed by atoms with Crippen LogP contribution >= 0.6 is 11.3 Å². The first-order valence-corrected chi connectivity index (χ1v) is 9.61. The van der Waals surface area contributed by atoms with Crippen LogP contribution in [0.15, 0.2) is 66.0 Å². The monoisotopic (exact) mass is 376 g/mol. The number of rotatable bonds is 7. The molecule has 4 nitrogen and oxygen atoms in total. The zero-order chi connectivity index (χ0) is 19.1. The normalized spacial score (nSPS) is 10.2. The highest BCUT2D eigenvalue weighted by Crippen LogP contribution is 2.19. The van der Waals surface area contributed by atoms with Crippen LogP contribution in [-0.4, -0.2) is 17.4 Å². The lowest BCUT2D eigenvalue weighted by molar-refractivity contribution is 0.0753. The zero-order valence-electron chi connectivity index (χ0n) is 15.1. The Labute approximate surface area is 163 Å². The smallest absolute Gasteiger partial charge is 0.254 e. The predicted molar refractivity (Wildman–Crippen MR) is 107 cm³/mol. The molecule has 0 radical (unpaired) electrons. The van der Waals surface area contributed by atoms with Crippen molar-refractivity contribution < 1.29 is 9.53 Å². The molecule has 1 amide bonds. The van der Waals surface area contributed by atoms with E-state index in [1.807, 2.05) is 59.7 Å². The first-order chi connectivity index (χ1) is 13.2. The minimum Gasteiger partial charge on any atom is -0.489 e. The maximum atomic E-state index is 12.9. The fourth-order valence-electron chi connectivity index (χ4n) is 2.74. The summed E-state index contributed by atoms with van der Waals surface area (Å²) in [5.41, 5.74) is 2.02. The van der Waals surface area contributed by atoms with E-state index in [0.717, 1.165) is 10.4 Å². The maximum absolute atomic E-state index is 12.9. The van der Waals surface area contributed by atoms with Crippen LogP contribution in [0, 0.1) is 11.3 Å². The summed E-state index contributed by atoms with van der Waals surface area (Å²) < 4.78 is 5.82. The molecule has 0 atom stereocenters. The molecule has 0 saturated heterocycles. The van der Waals surface area contributed by atoms with Crippen molar-refractivity contribution in [2.45, 2.75) is 20.1 Å². The molecule has 0 spiro atoms. The van der Waals surface area contributed by atoms with E-state index in [4.69, 9.17) is 4.74 Å². The van der Waals surface area contributed by atoms with Gasteiger partial charge in [0.15, 0.2) is 0 Å². The van der Waals surface area contributed by atoms with Crippen molar-refractivity contribution in [2.24, 2.45) is 0 Å². The molecule has 0 N–H and O–H groups in total. The van der Waals surface area contributed by atoms with Gasteiger partial charge in [-0.2, -0.15) is 5.26 Å². The molecule has 0 fully saturated rings. The molecular formula is C22H20N2O2S. The molecule has 27 heavy (non-hydrogen) atoms. The molecule has 0 aliphatic carbocycles. The highest BCUT2D eigenvalue weighted by molar-refractivity contribution is 7.09. The number of benzene rings is 2. The summed E-state index contributed by atoms with van der Waals surface area (Å²) in [6, 6.07) is 20.7. The Kier molecular flexibility index (Phi) is 6.24. The maximum Gasteiger partial charge on any atom is 0.254 e. The summed E-state index contributed by atoms with van der Waals surface area (Å²) in [4.78, 5) is 15.8. The molecule has 0 aliphatic heterocycles. The summed E-state index contributed by atoms with van der Waals surface area (Å²) in [5, 5.41) is 11.2. The van der Waals surface area contributed by atoms with Gasteiger partial charge in [-0.25, -0.2) is 0 Å². The van der Waals surface area contributed by atoms with E-state index in [9.17, 15) is 10.1 Å². The Morgan fingerprint density at radius 1 is 1.15 bits per heavy atom. The number of nitrogens with zero attached hydrogens (tertiary/aromatic N) is 2.